The Hall–Kier alpha value is -1.53. The first-order valence-corrected chi connectivity index (χ1v) is 6.94. The molecule has 2 aliphatic rings. The van der Waals surface area contributed by atoms with Crippen LogP contribution < -0.4 is 5.32 Å². The van der Waals surface area contributed by atoms with Gasteiger partial charge in [-0.1, -0.05) is 0 Å². The lowest BCUT2D eigenvalue weighted by Gasteiger charge is -2.38. The smallest absolute Gasteiger partial charge is 0.410 e. The first-order valence-electron chi connectivity index (χ1n) is 6.94. The fraction of sp³-hybridized carbons (Fsp3) is 0.846. The predicted octanol–water partition coefficient (Wildman–Crippen LogP) is 1.36. The number of carbonyl (C=O) groups is 2. The van der Waals surface area contributed by atoms with E-state index in [1.54, 1.807) is 20.8 Å². The minimum absolute atomic E-state index is 0.0244. The van der Waals surface area contributed by atoms with Gasteiger partial charge < -0.3 is 19.9 Å². The van der Waals surface area contributed by atoms with Crippen molar-refractivity contribution in [2.45, 2.75) is 45.0 Å². The second-order valence-corrected chi connectivity index (χ2v) is 6.22. The highest BCUT2D eigenvalue weighted by atomic mass is 19.1. The predicted molar refractivity (Wildman–Crippen MR) is 71.2 cm³/mol. The summed E-state index contributed by atoms with van der Waals surface area (Å²) < 4.78 is 19.5. The topological polar surface area (TPSA) is 61.9 Å². The molecule has 0 aromatic carbocycles. The molecule has 7 heteroatoms. The summed E-state index contributed by atoms with van der Waals surface area (Å²) in [4.78, 5) is 26.4. The summed E-state index contributed by atoms with van der Waals surface area (Å²) in [5.74, 6) is 0. The highest BCUT2D eigenvalue weighted by Crippen LogP contribution is 2.22. The molecule has 2 heterocycles. The first-order chi connectivity index (χ1) is 9.28. The van der Waals surface area contributed by atoms with Crippen LogP contribution in [0.25, 0.3) is 0 Å². The minimum Gasteiger partial charge on any atom is -0.444 e. The number of amides is 3. The van der Waals surface area contributed by atoms with Gasteiger partial charge in [0.2, 0.25) is 0 Å². The van der Waals surface area contributed by atoms with E-state index in [-0.39, 0.29) is 12.6 Å². The van der Waals surface area contributed by atoms with Gasteiger partial charge in [-0.05, 0) is 27.2 Å². The average molecular weight is 287 g/mol. The first kappa shape index (κ1) is 14.9. The molecule has 3 amide bonds. The van der Waals surface area contributed by atoms with Crippen molar-refractivity contribution >= 4 is 12.1 Å². The molecular formula is C13H22FN3O3. The number of ether oxygens (including phenoxy) is 1. The summed E-state index contributed by atoms with van der Waals surface area (Å²) in [5.41, 5.74) is -0.589. The van der Waals surface area contributed by atoms with E-state index in [4.69, 9.17) is 4.74 Å². The third kappa shape index (κ3) is 3.32. The number of hydrogen-bond donors (Lipinski definition) is 1. The van der Waals surface area contributed by atoms with E-state index in [9.17, 15) is 14.0 Å². The third-order valence-electron chi connectivity index (χ3n) is 3.45. The van der Waals surface area contributed by atoms with Crippen molar-refractivity contribution < 1.29 is 18.7 Å². The van der Waals surface area contributed by atoms with Crippen LogP contribution in [0.5, 0.6) is 0 Å². The Balaban J connectivity index is 1.92. The van der Waals surface area contributed by atoms with E-state index >= 15 is 0 Å². The number of likely N-dealkylation sites (tertiary alicyclic amines) is 1. The molecule has 0 aromatic rings. The molecule has 114 valence electrons. The van der Waals surface area contributed by atoms with Crippen LogP contribution in [-0.4, -0.2) is 65.9 Å². The molecule has 2 unspecified atom stereocenters. The van der Waals surface area contributed by atoms with Crippen molar-refractivity contribution in [3.05, 3.63) is 0 Å². The molecule has 6 nitrogen and oxygen atoms in total. The van der Waals surface area contributed by atoms with E-state index in [0.29, 0.717) is 26.1 Å². The van der Waals surface area contributed by atoms with Crippen LogP contribution in [0.4, 0.5) is 14.0 Å². The third-order valence-corrected chi connectivity index (χ3v) is 3.45. The fourth-order valence-electron chi connectivity index (χ4n) is 2.54. The van der Waals surface area contributed by atoms with Crippen molar-refractivity contribution in [2.75, 3.05) is 26.2 Å². The molecule has 1 N–H and O–H groups in total. The summed E-state index contributed by atoms with van der Waals surface area (Å²) in [6.07, 6.45) is -1.29. The number of hydrogen-bond acceptors (Lipinski definition) is 3. The monoisotopic (exact) mass is 287 g/mol. The molecule has 0 spiro atoms. The second-order valence-electron chi connectivity index (χ2n) is 6.22. The normalized spacial score (nSPS) is 27.5. The molecule has 2 aliphatic heterocycles. The van der Waals surface area contributed by atoms with Gasteiger partial charge in [0.25, 0.3) is 0 Å². The van der Waals surface area contributed by atoms with E-state index < -0.39 is 23.9 Å². The standard InChI is InChI=1S/C13H22FN3O3/c1-13(2,3)20-12(19)16-6-4-10(9(14)8-16)17-7-5-15-11(17)18/h9-10H,4-8H2,1-3H3,(H,15,18). The summed E-state index contributed by atoms with van der Waals surface area (Å²) >= 11 is 0. The lowest BCUT2D eigenvalue weighted by molar-refractivity contribution is 0.00204. The van der Waals surface area contributed by atoms with Crippen LogP contribution in [0.2, 0.25) is 0 Å². The molecule has 2 saturated heterocycles. The van der Waals surface area contributed by atoms with Gasteiger partial charge in [0, 0.05) is 19.6 Å². The van der Waals surface area contributed by atoms with Gasteiger partial charge in [0.1, 0.15) is 11.8 Å². The largest absolute Gasteiger partial charge is 0.444 e. The maximum atomic E-state index is 14.2. The Morgan fingerprint density at radius 3 is 2.60 bits per heavy atom. The Kier molecular flexibility index (Phi) is 4.06. The summed E-state index contributed by atoms with van der Waals surface area (Å²) in [7, 11) is 0. The van der Waals surface area contributed by atoms with Crippen LogP contribution in [-0.2, 0) is 4.74 Å². The molecule has 0 aliphatic carbocycles. The van der Waals surface area contributed by atoms with Crippen molar-refractivity contribution in [3.63, 3.8) is 0 Å². The molecule has 0 aromatic heterocycles. The van der Waals surface area contributed by atoms with Gasteiger partial charge in [0.05, 0.1) is 12.6 Å². The Morgan fingerprint density at radius 1 is 1.40 bits per heavy atom. The molecule has 2 rings (SSSR count). The van der Waals surface area contributed by atoms with Crippen molar-refractivity contribution in [2.24, 2.45) is 0 Å². The number of carbonyl (C=O) groups excluding carboxylic acids is 2. The van der Waals surface area contributed by atoms with Gasteiger partial charge in [-0.3, -0.25) is 0 Å². The van der Waals surface area contributed by atoms with E-state index in [0.717, 1.165) is 0 Å². The molecule has 2 atom stereocenters. The van der Waals surface area contributed by atoms with Gasteiger partial charge in [-0.2, -0.15) is 0 Å². The van der Waals surface area contributed by atoms with Crippen LogP contribution in [0.3, 0.4) is 0 Å². The molecule has 20 heavy (non-hydrogen) atoms. The lowest BCUT2D eigenvalue weighted by atomic mass is 10.0. The molecule has 0 bridgehead atoms. The number of piperidine rings is 1. The Bertz CT molecular complexity index is 397. The molecule has 0 radical (unpaired) electrons. The fourth-order valence-corrected chi connectivity index (χ4v) is 2.54. The minimum atomic E-state index is -1.24. The van der Waals surface area contributed by atoms with Crippen molar-refractivity contribution in [1.82, 2.24) is 15.1 Å². The van der Waals surface area contributed by atoms with Gasteiger partial charge >= 0.3 is 12.1 Å². The summed E-state index contributed by atoms with van der Waals surface area (Å²) in [6.45, 7) is 6.79. The van der Waals surface area contributed by atoms with Crippen LogP contribution in [0.15, 0.2) is 0 Å². The van der Waals surface area contributed by atoms with Crippen LogP contribution in [0, 0.1) is 0 Å². The van der Waals surface area contributed by atoms with Crippen molar-refractivity contribution in [1.29, 1.82) is 0 Å². The average Bonchev–Trinajstić information content (AvgIpc) is 2.73. The number of rotatable bonds is 1. The second kappa shape index (κ2) is 5.46. The van der Waals surface area contributed by atoms with E-state index in [2.05, 4.69) is 5.32 Å². The van der Waals surface area contributed by atoms with E-state index in [1.165, 1.54) is 9.80 Å². The zero-order valence-corrected chi connectivity index (χ0v) is 12.2. The SMILES string of the molecule is CC(C)(C)OC(=O)N1CCC(N2CCNC2=O)C(F)C1. The number of halogens is 1. The maximum Gasteiger partial charge on any atom is 0.410 e. The number of nitrogens with zero attached hydrogens (tertiary/aromatic N) is 2. The number of urea groups is 1. The van der Waals surface area contributed by atoms with Crippen LogP contribution >= 0.6 is 0 Å². The van der Waals surface area contributed by atoms with Gasteiger partial charge in [-0.15, -0.1) is 0 Å². The summed E-state index contributed by atoms with van der Waals surface area (Å²) in [6, 6.07) is -0.667. The zero-order chi connectivity index (χ0) is 14.9. The van der Waals surface area contributed by atoms with E-state index in [1.807, 2.05) is 0 Å². The molecule has 0 saturated carbocycles. The zero-order valence-electron chi connectivity index (χ0n) is 12.2. The lowest BCUT2D eigenvalue weighted by Crippen LogP contribution is -2.55. The molecule has 2 fully saturated rings. The Labute approximate surface area is 118 Å². The van der Waals surface area contributed by atoms with Gasteiger partial charge in [0.15, 0.2) is 0 Å². The summed E-state index contributed by atoms with van der Waals surface area (Å²) in [5, 5.41) is 2.67. The highest BCUT2D eigenvalue weighted by Gasteiger charge is 2.39. The number of alkyl halides is 1. The number of nitrogens with one attached hydrogen (secondary N) is 1. The molecular weight excluding hydrogens is 265 g/mol. The highest BCUT2D eigenvalue weighted by molar-refractivity contribution is 5.76. The Morgan fingerprint density at radius 2 is 2.10 bits per heavy atom. The van der Waals surface area contributed by atoms with Gasteiger partial charge in [-0.25, -0.2) is 14.0 Å². The quantitative estimate of drug-likeness (QED) is 0.792. The van der Waals surface area contributed by atoms with Crippen molar-refractivity contribution in [3.8, 4) is 0 Å². The maximum absolute atomic E-state index is 14.2. The van der Waals surface area contributed by atoms with Crippen LogP contribution in [0.1, 0.15) is 27.2 Å².